The first-order chi connectivity index (χ1) is 15.5. The summed E-state index contributed by atoms with van der Waals surface area (Å²) in [6, 6.07) is 17.4. The highest BCUT2D eigenvalue weighted by atomic mass is 16.5. The molecule has 1 aromatic heterocycles. The average Bonchev–Trinajstić information content (AvgIpc) is 3.14. The lowest BCUT2D eigenvalue weighted by Gasteiger charge is -2.19. The molecular formula is C24H23N3O5. The number of nitrogens with two attached hydrogens (primary N) is 1. The number of alkyl carbamates (subject to hydrolysis) is 1. The number of primary amides is 1. The van der Waals surface area contributed by atoms with Gasteiger partial charge in [-0.05, 0) is 28.3 Å². The number of hydrogen-bond acceptors (Lipinski definition) is 6. The molecule has 4 rings (SSSR count). The van der Waals surface area contributed by atoms with Gasteiger partial charge in [-0.25, -0.2) is 4.79 Å². The van der Waals surface area contributed by atoms with Crippen LogP contribution in [-0.2, 0) is 4.74 Å². The van der Waals surface area contributed by atoms with Crippen molar-refractivity contribution in [1.29, 1.82) is 0 Å². The Morgan fingerprint density at radius 2 is 1.66 bits per heavy atom. The maximum absolute atomic E-state index is 12.2. The van der Waals surface area contributed by atoms with E-state index >= 15 is 0 Å². The third-order valence-corrected chi connectivity index (χ3v) is 5.55. The van der Waals surface area contributed by atoms with Crippen LogP contribution in [0.25, 0.3) is 11.1 Å². The van der Waals surface area contributed by atoms with Crippen molar-refractivity contribution in [3.63, 3.8) is 0 Å². The molecule has 1 aliphatic rings. The van der Waals surface area contributed by atoms with Crippen LogP contribution in [-0.4, -0.2) is 46.5 Å². The Labute approximate surface area is 184 Å². The molecule has 0 bridgehead atoms. The molecule has 164 valence electrons. The average molecular weight is 433 g/mol. The number of rotatable bonds is 7. The van der Waals surface area contributed by atoms with E-state index in [9.17, 15) is 19.8 Å². The van der Waals surface area contributed by atoms with E-state index in [1.807, 2.05) is 48.5 Å². The number of nitrogens with zero attached hydrogens (tertiary/aromatic N) is 1. The summed E-state index contributed by atoms with van der Waals surface area (Å²) in [5, 5.41) is 23.0. The highest BCUT2D eigenvalue weighted by Crippen LogP contribution is 2.44. The van der Waals surface area contributed by atoms with Crippen LogP contribution in [0.1, 0.15) is 39.1 Å². The van der Waals surface area contributed by atoms with Gasteiger partial charge in [0.1, 0.15) is 18.8 Å². The van der Waals surface area contributed by atoms with Crippen LogP contribution in [0.5, 0.6) is 0 Å². The molecule has 8 heteroatoms. The van der Waals surface area contributed by atoms with Gasteiger partial charge in [-0.15, -0.1) is 0 Å². The second-order valence-corrected chi connectivity index (χ2v) is 7.59. The number of aliphatic hydroxyl groups is 2. The summed E-state index contributed by atoms with van der Waals surface area (Å²) in [5.74, 6) is -0.774. The molecule has 1 heterocycles. The number of ether oxygens (including phenoxy) is 1. The Hall–Kier alpha value is -3.75. The summed E-state index contributed by atoms with van der Waals surface area (Å²) in [5.41, 5.74) is 9.97. The third kappa shape index (κ3) is 4.32. The fourth-order valence-electron chi connectivity index (χ4n) is 3.93. The van der Waals surface area contributed by atoms with E-state index in [2.05, 4.69) is 10.3 Å². The third-order valence-electron chi connectivity index (χ3n) is 5.55. The minimum absolute atomic E-state index is 0.0775. The molecule has 2 aromatic carbocycles. The van der Waals surface area contributed by atoms with Crippen molar-refractivity contribution in [3.8, 4) is 11.1 Å². The van der Waals surface area contributed by atoms with Gasteiger partial charge in [-0.3, -0.25) is 9.78 Å². The molecule has 2 atom stereocenters. The number of aromatic nitrogens is 1. The van der Waals surface area contributed by atoms with E-state index < -0.39 is 24.2 Å². The number of carbonyl (C=O) groups is 2. The molecule has 2 unspecified atom stereocenters. The Morgan fingerprint density at radius 1 is 1.03 bits per heavy atom. The summed E-state index contributed by atoms with van der Waals surface area (Å²) in [6.07, 6.45) is -0.828. The lowest BCUT2D eigenvalue weighted by atomic mass is 9.98. The molecule has 3 aromatic rings. The van der Waals surface area contributed by atoms with Crippen molar-refractivity contribution in [2.24, 2.45) is 5.73 Å². The molecule has 0 saturated carbocycles. The molecule has 5 N–H and O–H groups in total. The Morgan fingerprint density at radius 3 is 2.28 bits per heavy atom. The van der Waals surface area contributed by atoms with Gasteiger partial charge in [-0.1, -0.05) is 48.5 Å². The molecule has 1 aliphatic carbocycles. The second-order valence-electron chi connectivity index (χ2n) is 7.59. The molecular weight excluding hydrogens is 410 g/mol. The van der Waals surface area contributed by atoms with Crippen molar-refractivity contribution in [2.75, 3.05) is 13.2 Å². The summed E-state index contributed by atoms with van der Waals surface area (Å²) in [4.78, 5) is 27.3. The predicted molar refractivity (Wildman–Crippen MR) is 117 cm³/mol. The van der Waals surface area contributed by atoms with Crippen LogP contribution in [0.4, 0.5) is 4.79 Å². The smallest absolute Gasteiger partial charge is 0.407 e. The van der Waals surface area contributed by atoms with Crippen molar-refractivity contribution in [3.05, 3.63) is 89.2 Å². The zero-order valence-corrected chi connectivity index (χ0v) is 17.1. The minimum Gasteiger partial charge on any atom is -0.449 e. The Bertz CT molecular complexity index is 1100. The fourth-order valence-corrected chi connectivity index (χ4v) is 3.93. The van der Waals surface area contributed by atoms with Gasteiger partial charge in [-0.2, -0.15) is 0 Å². The van der Waals surface area contributed by atoms with Crippen molar-refractivity contribution in [1.82, 2.24) is 10.3 Å². The van der Waals surface area contributed by atoms with Gasteiger partial charge in [0.15, 0.2) is 0 Å². The van der Waals surface area contributed by atoms with Crippen molar-refractivity contribution < 1.29 is 24.5 Å². The maximum atomic E-state index is 12.2. The van der Waals surface area contributed by atoms with Gasteiger partial charge in [0, 0.05) is 30.4 Å². The molecule has 0 radical (unpaired) electrons. The lowest BCUT2D eigenvalue weighted by molar-refractivity contribution is 0.0183. The van der Waals surface area contributed by atoms with Crippen LogP contribution < -0.4 is 11.1 Å². The highest BCUT2D eigenvalue weighted by molar-refractivity contribution is 5.92. The standard InChI is InChI=1S/C24H23N3O5/c25-23(30)15-9-14(10-26-11-15)22(29)21(28)12-27-24(31)32-13-20-18-7-3-1-5-16(18)17-6-2-4-8-19(17)20/h1-11,20-22,28-29H,12-13H2,(H2,25,30)(H,27,31). The minimum atomic E-state index is -1.37. The molecule has 0 spiro atoms. The van der Waals surface area contributed by atoms with Crippen molar-refractivity contribution >= 4 is 12.0 Å². The number of pyridine rings is 1. The zero-order valence-electron chi connectivity index (χ0n) is 17.1. The quantitative estimate of drug-likeness (QED) is 0.451. The van der Waals surface area contributed by atoms with E-state index in [4.69, 9.17) is 10.5 Å². The SMILES string of the molecule is NC(=O)c1cncc(C(O)C(O)CNC(=O)OCC2c3ccccc3-c3ccccc32)c1. The first kappa shape index (κ1) is 21.5. The van der Waals surface area contributed by atoms with Crippen LogP contribution >= 0.6 is 0 Å². The number of hydrogen-bond donors (Lipinski definition) is 4. The Balaban J connectivity index is 1.34. The van der Waals surface area contributed by atoms with E-state index in [1.165, 1.54) is 18.5 Å². The summed E-state index contributed by atoms with van der Waals surface area (Å²) < 4.78 is 5.41. The summed E-state index contributed by atoms with van der Waals surface area (Å²) in [6.45, 7) is -0.109. The molecule has 8 nitrogen and oxygen atoms in total. The normalized spacial score (nSPS) is 14.2. The lowest BCUT2D eigenvalue weighted by Crippen LogP contribution is -2.36. The second kappa shape index (κ2) is 9.17. The van der Waals surface area contributed by atoms with Crippen LogP contribution in [0, 0.1) is 0 Å². The topological polar surface area (TPSA) is 135 Å². The first-order valence-electron chi connectivity index (χ1n) is 10.2. The zero-order chi connectivity index (χ0) is 22.7. The number of fused-ring (bicyclic) bond motifs is 3. The van der Waals surface area contributed by atoms with Crippen molar-refractivity contribution in [2.45, 2.75) is 18.1 Å². The molecule has 0 aliphatic heterocycles. The van der Waals surface area contributed by atoms with E-state index in [1.54, 1.807) is 0 Å². The van der Waals surface area contributed by atoms with Crippen LogP contribution in [0.15, 0.2) is 67.0 Å². The molecule has 0 fully saturated rings. The molecule has 32 heavy (non-hydrogen) atoms. The van der Waals surface area contributed by atoms with Gasteiger partial charge in [0.25, 0.3) is 0 Å². The number of benzene rings is 2. The summed E-state index contributed by atoms with van der Waals surface area (Å²) in [7, 11) is 0. The maximum Gasteiger partial charge on any atom is 0.407 e. The molecule has 0 saturated heterocycles. The van der Waals surface area contributed by atoms with Gasteiger partial charge in [0.05, 0.1) is 5.56 Å². The number of amides is 2. The van der Waals surface area contributed by atoms with Crippen LogP contribution in [0.3, 0.4) is 0 Å². The number of nitrogens with one attached hydrogen (secondary N) is 1. The number of carbonyl (C=O) groups excluding carboxylic acids is 2. The molecule has 2 amide bonds. The van der Waals surface area contributed by atoms with E-state index in [0.29, 0.717) is 0 Å². The monoisotopic (exact) mass is 433 g/mol. The highest BCUT2D eigenvalue weighted by Gasteiger charge is 2.29. The summed E-state index contributed by atoms with van der Waals surface area (Å²) >= 11 is 0. The predicted octanol–water partition coefficient (Wildman–Crippen LogP) is 2.11. The van der Waals surface area contributed by atoms with E-state index in [-0.39, 0.29) is 30.2 Å². The number of aliphatic hydroxyl groups excluding tert-OH is 2. The van der Waals surface area contributed by atoms with E-state index in [0.717, 1.165) is 22.3 Å². The van der Waals surface area contributed by atoms with Gasteiger partial charge >= 0.3 is 6.09 Å². The van der Waals surface area contributed by atoms with Crippen LogP contribution in [0.2, 0.25) is 0 Å². The van der Waals surface area contributed by atoms with Gasteiger partial charge < -0.3 is 26.0 Å². The van der Waals surface area contributed by atoms with Gasteiger partial charge in [0.2, 0.25) is 5.91 Å². The Kier molecular flexibility index (Phi) is 6.16. The fraction of sp³-hybridized carbons (Fsp3) is 0.208. The first-order valence-corrected chi connectivity index (χ1v) is 10.2. The largest absolute Gasteiger partial charge is 0.449 e.